The quantitative estimate of drug-likeness (QED) is 0.0837. The minimum atomic E-state index is -0.586. The Morgan fingerprint density at radius 2 is 0.882 bits per heavy atom. The minimum Gasteiger partial charge on any atom is -0.463 e. The van der Waals surface area contributed by atoms with E-state index in [9.17, 15) is 14.4 Å². The van der Waals surface area contributed by atoms with Crippen molar-refractivity contribution in [3.8, 4) is 0 Å². The van der Waals surface area contributed by atoms with Crippen molar-refractivity contribution in [2.75, 3.05) is 92.5 Å². The van der Waals surface area contributed by atoms with E-state index in [2.05, 4.69) is 6.58 Å². The molecule has 0 saturated carbocycles. The molecule has 198 valence electrons. The number of hydrogen-bond donors (Lipinski definition) is 1. The van der Waals surface area contributed by atoms with Crippen molar-refractivity contribution in [2.45, 2.75) is 19.8 Å². The highest BCUT2D eigenvalue weighted by Gasteiger charge is 2.10. The molecule has 0 aromatic rings. The summed E-state index contributed by atoms with van der Waals surface area (Å²) in [5.41, 5.74) is 0.257. The maximum Gasteiger partial charge on any atom is 0.333 e. The van der Waals surface area contributed by atoms with Crippen LogP contribution in [-0.4, -0.2) is 116 Å². The van der Waals surface area contributed by atoms with Gasteiger partial charge in [-0.15, -0.1) is 0 Å². The molecule has 0 aliphatic rings. The van der Waals surface area contributed by atoms with Gasteiger partial charge in [-0.3, -0.25) is 9.59 Å². The molecule has 0 aromatic heterocycles. The summed E-state index contributed by atoms with van der Waals surface area (Å²) in [6.45, 7) is 8.75. The number of ether oxygens (including phenoxy) is 8. The van der Waals surface area contributed by atoms with E-state index in [1.54, 1.807) is 0 Å². The molecule has 0 radical (unpaired) electrons. The zero-order chi connectivity index (χ0) is 25.3. The average molecular weight is 495 g/mol. The molecule has 0 aromatic carbocycles. The fraction of sp³-hybridized carbons (Fsp3) is 0.773. The summed E-state index contributed by atoms with van der Waals surface area (Å²) in [6, 6.07) is 0. The summed E-state index contributed by atoms with van der Waals surface area (Å²) in [7, 11) is 0. The predicted molar refractivity (Wildman–Crippen MR) is 118 cm³/mol. The molecule has 0 heterocycles. The van der Waals surface area contributed by atoms with Crippen LogP contribution < -0.4 is 0 Å². The summed E-state index contributed by atoms with van der Waals surface area (Å²) < 4.78 is 40.8. The zero-order valence-corrected chi connectivity index (χ0v) is 20.0. The van der Waals surface area contributed by atoms with Crippen LogP contribution in [0.5, 0.6) is 0 Å². The van der Waals surface area contributed by atoms with Gasteiger partial charge in [0.1, 0.15) is 19.8 Å². The Morgan fingerprint density at radius 1 is 0.559 bits per heavy atom. The second kappa shape index (κ2) is 24.0. The molecule has 0 saturated heterocycles. The Bertz CT molecular complexity index is 552. The van der Waals surface area contributed by atoms with E-state index in [1.807, 2.05) is 0 Å². The molecule has 0 spiro atoms. The van der Waals surface area contributed by atoms with E-state index >= 15 is 0 Å². The summed E-state index contributed by atoms with van der Waals surface area (Å²) >= 11 is 0. The maximum absolute atomic E-state index is 11.6. The van der Waals surface area contributed by atoms with Crippen LogP contribution in [0.25, 0.3) is 0 Å². The topological polar surface area (TPSA) is 145 Å². The molecule has 0 fully saturated rings. The summed E-state index contributed by atoms with van der Waals surface area (Å²) in [5.74, 6) is -1.68. The lowest BCUT2D eigenvalue weighted by Gasteiger charge is -2.08. The van der Waals surface area contributed by atoms with Gasteiger partial charge in [0.15, 0.2) is 0 Å². The molecule has 0 bridgehead atoms. The van der Waals surface area contributed by atoms with E-state index in [4.69, 9.17) is 43.0 Å². The number of aliphatic hydroxyl groups excluding tert-OH is 1. The van der Waals surface area contributed by atoms with Crippen LogP contribution in [0.4, 0.5) is 0 Å². The minimum absolute atomic E-state index is 0.00205. The van der Waals surface area contributed by atoms with Crippen molar-refractivity contribution >= 4 is 17.9 Å². The Kier molecular flexibility index (Phi) is 22.6. The van der Waals surface area contributed by atoms with Gasteiger partial charge in [-0.2, -0.15) is 0 Å². The van der Waals surface area contributed by atoms with Crippen LogP contribution in [0.1, 0.15) is 19.8 Å². The molecule has 1 N–H and O–H groups in total. The van der Waals surface area contributed by atoms with E-state index < -0.39 is 17.9 Å². The molecule has 0 unspecified atom stereocenters. The third-order valence-corrected chi connectivity index (χ3v) is 3.68. The van der Waals surface area contributed by atoms with Crippen molar-refractivity contribution in [2.24, 2.45) is 0 Å². The molecular weight excluding hydrogens is 456 g/mol. The van der Waals surface area contributed by atoms with E-state index in [0.717, 1.165) is 0 Å². The van der Waals surface area contributed by atoms with E-state index in [1.165, 1.54) is 6.92 Å². The van der Waals surface area contributed by atoms with Crippen LogP contribution in [0.2, 0.25) is 0 Å². The Balaban J connectivity index is 3.32. The Hall–Kier alpha value is -2.09. The van der Waals surface area contributed by atoms with Gasteiger partial charge in [0, 0.05) is 5.57 Å². The first-order chi connectivity index (χ1) is 16.5. The molecule has 0 atom stereocenters. The molecule has 12 nitrogen and oxygen atoms in total. The largest absolute Gasteiger partial charge is 0.463 e. The number of carbonyl (C=O) groups excluding carboxylic acids is 3. The Labute approximate surface area is 200 Å². The monoisotopic (exact) mass is 494 g/mol. The molecule has 12 heteroatoms. The average Bonchev–Trinajstić information content (AvgIpc) is 2.82. The molecule has 0 rings (SSSR count). The Morgan fingerprint density at radius 3 is 1.26 bits per heavy atom. The highest BCUT2D eigenvalue weighted by atomic mass is 16.6. The number of carbonyl (C=O) groups is 3. The normalized spacial score (nSPS) is 10.6. The van der Waals surface area contributed by atoms with Crippen molar-refractivity contribution < 1.29 is 57.4 Å². The van der Waals surface area contributed by atoms with E-state index in [0.29, 0.717) is 59.5 Å². The highest BCUT2D eigenvalue weighted by molar-refractivity contribution is 5.86. The first-order valence-electron chi connectivity index (χ1n) is 11.1. The smallest absolute Gasteiger partial charge is 0.333 e. The van der Waals surface area contributed by atoms with Gasteiger partial charge in [0.05, 0.1) is 85.5 Å². The third-order valence-electron chi connectivity index (χ3n) is 3.68. The molecule has 0 amide bonds. The van der Waals surface area contributed by atoms with Gasteiger partial charge in [-0.25, -0.2) is 4.79 Å². The molecule has 0 aliphatic heterocycles. The second-order valence-corrected chi connectivity index (χ2v) is 6.64. The van der Waals surface area contributed by atoms with Crippen molar-refractivity contribution in [3.63, 3.8) is 0 Å². The van der Waals surface area contributed by atoms with Crippen LogP contribution in [-0.2, 0) is 52.3 Å². The fourth-order valence-electron chi connectivity index (χ4n) is 2.02. The number of hydrogen-bond acceptors (Lipinski definition) is 12. The summed E-state index contributed by atoms with van der Waals surface area (Å²) in [4.78, 5) is 34.2. The summed E-state index contributed by atoms with van der Waals surface area (Å²) in [5, 5.41) is 8.53. The van der Waals surface area contributed by atoms with Crippen LogP contribution in [0.15, 0.2) is 12.2 Å². The third kappa shape index (κ3) is 23.1. The van der Waals surface area contributed by atoms with Crippen LogP contribution in [0, 0.1) is 0 Å². The van der Waals surface area contributed by atoms with E-state index in [-0.39, 0.29) is 51.4 Å². The molecular formula is C22H38O12. The van der Waals surface area contributed by atoms with Crippen LogP contribution >= 0.6 is 0 Å². The van der Waals surface area contributed by atoms with Gasteiger partial charge in [0.25, 0.3) is 0 Å². The molecule has 34 heavy (non-hydrogen) atoms. The lowest BCUT2D eigenvalue weighted by atomic mass is 10.3. The van der Waals surface area contributed by atoms with Gasteiger partial charge >= 0.3 is 17.9 Å². The molecule has 0 aliphatic carbocycles. The SMILES string of the molecule is C=C(C)C(=O)OCCOC(=O)CCC(=O)OCCOCCOCCOCCOCCOCCO. The lowest BCUT2D eigenvalue weighted by Crippen LogP contribution is -2.17. The maximum atomic E-state index is 11.6. The van der Waals surface area contributed by atoms with Gasteiger partial charge in [-0.05, 0) is 6.92 Å². The predicted octanol–water partition coefficient (Wildman–Crippen LogP) is 0.0476. The zero-order valence-electron chi connectivity index (χ0n) is 20.0. The van der Waals surface area contributed by atoms with Crippen molar-refractivity contribution in [1.29, 1.82) is 0 Å². The van der Waals surface area contributed by atoms with Crippen molar-refractivity contribution in [1.82, 2.24) is 0 Å². The van der Waals surface area contributed by atoms with Crippen molar-refractivity contribution in [3.05, 3.63) is 12.2 Å². The van der Waals surface area contributed by atoms with Gasteiger partial charge < -0.3 is 43.0 Å². The fourth-order valence-corrected chi connectivity index (χ4v) is 2.02. The first-order valence-corrected chi connectivity index (χ1v) is 11.1. The van der Waals surface area contributed by atoms with Gasteiger partial charge in [0.2, 0.25) is 0 Å². The number of esters is 3. The standard InChI is InChI=1S/C22H38O12/c1-19(2)22(26)34-18-17-33-21(25)4-3-20(24)32-16-15-31-14-13-30-12-11-29-10-9-28-8-7-27-6-5-23/h23H,1,3-18H2,2H3. The van der Waals surface area contributed by atoms with Gasteiger partial charge in [-0.1, -0.05) is 6.58 Å². The summed E-state index contributed by atoms with van der Waals surface area (Å²) in [6.07, 6.45) is -0.245. The first kappa shape index (κ1) is 31.9. The number of rotatable bonds is 24. The van der Waals surface area contributed by atoms with Crippen LogP contribution in [0.3, 0.4) is 0 Å². The highest BCUT2D eigenvalue weighted by Crippen LogP contribution is 1.97. The lowest BCUT2D eigenvalue weighted by molar-refractivity contribution is -0.153. The second-order valence-electron chi connectivity index (χ2n) is 6.64. The number of aliphatic hydroxyl groups is 1.